The Hall–Kier alpha value is 1.01. The van der Waals surface area contributed by atoms with Gasteiger partial charge in [0, 0.05) is 28.3 Å². The van der Waals surface area contributed by atoms with Crippen molar-refractivity contribution in [1.82, 2.24) is 0 Å². The van der Waals surface area contributed by atoms with E-state index in [0.29, 0.717) is 5.75 Å². The summed E-state index contributed by atoms with van der Waals surface area (Å²) in [6.45, 7) is 0. The molecule has 0 amide bonds. The summed E-state index contributed by atoms with van der Waals surface area (Å²) < 4.78 is 0. The zero-order valence-electron chi connectivity index (χ0n) is 5.69. The Bertz CT molecular complexity index is 90.2. The van der Waals surface area contributed by atoms with E-state index in [1.54, 1.807) is 0 Å². The summed E-state index contributed by atoms with van der Waals surface area (Å²) in [4.78, 5) is 0. The van der Waals surface area contributed by atoms with Crippen LogP contribution in [0.1, 0.15) is 0 Å². The van der Waals surface area contributed by atoms with Gasteiger partial charge in [0.2, 0.25) is 0 Å². The van der Waals surface area contributed by atoms with E-state index in [2.05, 4.69) is 12.6 Å². The van der Waals surface area contributed by atoms with Crippen molar-refractivity contribution in [2.24, 2.45) is 0 Å². The maximum Gasteiger partial charge on any atom is 0.0718 e. The SMILES string of the molecule is OC(CS)CSC1CSC1. The lowest BCUT2D eigenvalue weighted by Crippen LogP contribution is -2.24. The van der Waals surface area contributed by atoms with Crippen LogP contribution in [-0.4, -0.2) is 39.5 Å². The maximum atomic E-state index is 9.12. The molecule has 1 aliphatic heterocycles. The summed E-state index contributed by atoms with van der Waals surface area (Å²) in [5.41, 5.74) is 0. The van der Waals surface area contributed by atoms with Gasteiger partial charge in [0.1, 0.15) is 0 Å². The molecule has 1 rings (SSSR count). The van der Waals surface area contributed by atoms with Crippen molar-refractivity contribution < 1.29 is 5.11 Å². The van der Waals surface area contributed by atoms with Gasteiger partial charge in [0.05, 0.1) is 6.10 Å². The van der Waals surface area contributed by atoms with E-state index in [-0.39, 0.29) is 6.10 Å². The molecule has 10 heavy (non-hydrogen) atoms. The molecule has 60 valence electrons. The van der Waals surface area contributed by atoms with Crippen molar-refractivity contribution in [3.05, 3.63) is 0 Å². The lowest BCUT2D eigenvalue weighted by Gasteiger charge is -2.24. The van der Waals surface area contributed by atoms with E-state index in [1.807, 2.05) is 23.5 Å². The molecule has 0 bridgehead atoms. The van der Waals surface area contributed by atoms with Gasteiger partial charge in [0.15, 0.2) is 0 Å². The van der Waals surface area contributed by atoms with Gasteiger partial charge < -0.3 is 5.11 Å². The van der Waals surface area contributed by atoms with Gasteiger partial charge in [-0.05, 0) is 0 Å². The average molecular weight is 196 g/mol. The van der Waals surface area contributed by atoms with Gasteiger partial charge in [-0.15, -0.1) is 0 Å². The first-order valence-corrected chi connectivity index (χ1v) is 6.15. The van der Waals surface area contributed by atoms with Crippen molar-refractivity contribution >= 4 is 36.2 Å². The lowest BCUT2D eigenvalue weighted by atomic mass is 10.5. The van der Waals surface area contributed by atoms with Crippen LogP contribution in [0.25, 0.3) is 0 Å². The highest BCUT2D eigenvalue weighted by Crippen LogP contribution is 2.29. The largest absolute Gasteiger partial charge is 0.391 e. The van der Waals surface area contributed by atoms with Crippen LogP contribution in [0, 0.1) is 0 Å². The lowest BCUT2D eigenvalue weighted by molar-refractivity contribution is 0.225. The molecule has 1 heterocycles. The molecular formula is C6H12OS3. The predicted octanol–water partition coefficient (Wildman–Crippen LogP) is 1.13. The molecule has 1 aliphatic rings. The fourth-order valence-corrected chi connectivity index (χ4v) is 3.30. The molecule has 0 aromatic heterocycles. The van der Waals surface area contributed by atoms with Crippen molar-refractivity contribution in [1.29, 1.82) is 0 Å². The van der Waals surface area contributed by atoms with Crippen LogP contribution in [0.2, 0.25) is 0 Å². The zero-order valence-corrected chi connectivity index (χ0v) is 8.22. The van der Waals surface area contributed by atoms with E-state index >= 15 is 0 Å². The fourth-order valence-electron chi connectivity index (χ4n) is 0.610. The number of hydrogen-bond donors (Lipinski definition) is 2. The fraction of sp³-hybridized carbons (Fsp3) is 1.00. The summed E-state index contributed by atoms with van der Waals surface area (Å²) in [5, 5.41) is 9.93. The average Bonchev–Trinajstić information content (AvgIpc) is 1.84. The highest BCUT2D eigenvalue weighted by molar-refractivity contribution is 8.07. The second kappa shape index (κ2) is 4.80. The molecule has 4 heteroatoms. The highest BCUT2D eigenvalue weighted by Gasteiger charge is 2.19. The zero-order chi connectivity index (χ0) is 7.40. The number of thiol groups is 1. The molecule has 0 aromatic rings. The van der Waals surface area contributed by atoms with E-state index in [1.165, 1.54) is 11.5 Å². The molecule has 0 aliphatic carbocycles. The van der Waals surface area contributed by atoms with E-state index < -0.39 is 0 Å². The number of aliphatic hydroxyl groups excluding tert-OH is 1. The van der Waals surface area contributed by atoms with E-state index in [9.17, 15) is 0 Å². The summed E-state index contributed by atoms with van der Waals surface area (Å²) in [6.07, 6.45) is -0.209. The Morgan fingerprint density at radius 3 is 2.80 bits per heavy atom. The van der Waals surface area contributed by atoms with Crippen LogP contribution in [0.5, 0.6) is 0 Å². The molecule has 1 N–H and O–H groups in total. The Kier molecular flexibility index (Phi) is 4.37. The topological polar surface area (TPSA) is 20.2 Å². The normalized spacial score (nSPS) is 22.2. The van der Waals surface area contributed by atoms with Crippen molar-refractivity contribution in [3.8, 4) is 0 Å². The first-order valence-electron chi connectivity index (χ1n) is 3.31. The minimum atomic E-state index is -0.209. The predicted molar refractivity (Wildman–Crippen MR) is 53.4 cm³/mol. The molecule has 1 unspecified atom stereocenters. The van der Waals surface area contributed by atoms with E-state index in [4.69, 9.17) is 5.11 Å². The van der Waals surface area contributed by atoms with Crippen LogP contribution >= 0.6 is 36.2 Å². The molecule has 1 fully saturated rings. The highest BCUT2D eigenvalue weighted by atomic mass is 32.2. The summed E-state index contributed by atoms with van der Waals surface area (Å²) in [7, 11) is 0. The van der Waals surface area contributed by atoms with Crippen LogP contribution < -0.4 is 0 Å². The van der Waals surface area contributed by atoms with Gasteiger partial charge in [-0.25, -0.2) is 0 Å². The van der Waals surface area contributed by atoms with Gasteiger partial charge in [-0.2, -0.15) is 36.2 Å². The summed E-state index contributed by atoms with van der Waals surface area (Å²) >= 11 is 7.86. The Morgan fingerprint density at radius 2 is 2.40 bits per heavy atom. The molecule has 0 aromatic carbocycles. The van der Waals surface area contributed by atoms with Crippen LogP contribution in [0.3, 0.4) is 0 Å². The molecule has 0 spiro atoms. The van der Waals surface area contributed by atoms with Gasteiger partial charge in [-0.1, -0.05) is 0 Å². The van der Waals surface area contributed by atoms with Crippen LogP contribution in [0.15, 0.2) is 0 Å². The third kappa shape index (κ3) is 2.95. The second-order valence-electron chi connectivity index (χ2n) is 2.33. The number of aliphatic hydroxyl groups is 1. The Balaban J connectivity index is 1.93. The molecule has 0 radical (unpaired) electrons. The van der Waals surface area contributed by atoms with Crippen molar-refractivity contribution in [3.63, 3.8) is 0 Å². The number of rotatable bonds is 4. The van der Waals surface area contributed by atoms with Gasteiger partial charge in [-0.3, -0.25) is 0 Å². The maximum absolute atomic E-state index is 9.12. The first-order chi connectivity index (χ1) is 4.83. The third-order valence-electron chi connectivity index (χ3n) is 1.34. The Morgan fingerprint density at radius 1 is 1.70 bits per heavy atom. The Labute approximate surface area is 75.8 Å². The molecule has 1 atom stereocenters. The summed E-state index contributed by atoms with van der Waals surface area (Å²) in [6, 6.07) is 0. The first kappa shape index (κ1) is 9.10. The van der Waals surface area contributed by atoms with Crippen LogP contribution in [0.4, 0.5) is 0 Å². The van der Waals surface area contributed by atoms with Crippen molar-refractivity contribution in [2.75, 3.05) is 23.0 Å². The number of hydrogen-bond acceptors (Lipinski definition) is 4. The minimum Gasteiger partial charge on any atom is -0.391 e. The van der Waals surface area contributed by atoms with Gasteiger partial charge in [0.25, 0.3) is 0 Å². The van der Waals surface area contributed by atoms with Gasteiger partial charge >= 0.3 is 0 Å². The molecular weight excluding hydrogens is 184 g/mol. The quantitative estimate of drug-likeness (QED) is 0.658. The standard InChI is InChI=1S/C6H12OS3/c7-5(1-8)2-10-6-3-9-4-6/h5-8H,1-4H2. The minimum absolute atomic E-state index is 0.209. The molecule has 1 nitrogen and oxygen atoms in total. The second-order valence-corrected chi connectivity index (χ2v) is 5.10. The van der Waals surface area contributed by atoms with E-state index in [0.717, 1.165) is 11.0 Å². The van der Waals surface area contributed by atoms with Crippen molar-refractivity contribution in [2.45, 2.75) is 11.4 Å². The molecule has 1 saturated heterocycles. The number of thioether (sulfide) groups is 2. The molecule has 0 saturated carbocycles. The third-order valence-corrected chi connectivity index (χ3v) is 4.84. The smallest absolute Gasteiger partial charge is 0.0718 e. The summed E-state index contributed by atoms with van der Waals surface area (Å²) in [5.74, 6) is 3.98. The van der Waals surface area contributed by atoms with Crippen LogP contribution in [-0.2, 0) is 0 Å². The monoisotopic (exact) mass is 196 g/mol.